The van der Waals surface area contributed by atoms with E-state index >= 15 is 0 Å². The number of hydrogen-bond donors (Lipinski definition) is 2. The molecule has 0 saturated heterocycles. The lowest BCUT2D eigenvalue weighted by Crippen LogP contribution is -2.25. The van der Waals surface area contributed by atoms with E-state index in [1.54, 1.807) is 24.3 Å². The van der Waals surface area contributed by atoms with Gasteiger partial charge >= 0.3 is 0 Å². The van der Waals surface area contributed by atoms with Gasteiger partial charge in [0.05, 0.1) is 6.29 Å². The monoisotopic (exact) mass is 283 g/mol. The van der Waals surface area contributed by atoms with Crippen molar-refractivity contribution in [2.45, 2.75) is 26.7 Å². The molecule has 0 aliphatic rings. The third-order valence-corrected chi connectivity index (χ3v) is 4.75. The fraction of sp³-hybridized carbons (Fsp3) is 0.500. The Bertz CT molecular complexity index is 447. The molecule has 0 aliphatic heterocycles. The Morgan fingerprint density at radius 1 is 1.37 bits per heavy atom. The number of carbonyl (C=O) groups excluding carboxylic acids is 1. The highest BCUT2D eigenvalue weighted by Gasteiger charge is 2.22. The maximum Gasteiger partial charge on any atom is 0.251 e. The Kier molecular flexibility index (Phi) is 6.26. The Morgan fingerprint density at radius 3 is 2.58 bits per heavy atom. The van der Waals surface area contributed by atoms with Crippen LogP contribution in [0.1, 0.15) is 37.0 Å². The zero-order chi connectivity index (χ0) is 14.3. The van der Waals surface area contributed by atoms with Gasteiger partial charge in [-0.15, -0.1) is 0 Å². The Morgan fingerprint density at radius 2 is 2.00 bits per heavy atom. The van der Waals surface area contributed by atoms with E-state index in [1.165, 1.54) is 0 Å². The van der Waals surface area contributed by atoms with Crippen molar-refractivity contribution >= 4 is 13.3 Å². The van der Waals surface area contributed by atoms with Gasteiger partial charge in [0.25, 0.3) is 5.91 Å². The second-order valence-electron chi connectivity index (χ2n) is 4.95. The predicted molar refractivity (Wildman–Crippen MR) is 77.5 cm³/mol. The number of carbonyl (C=O) groups is 1. The molecule has 19 heavy (non-hydrogen) atoms. The van der Waals surface area contributed by atoms with Crippen LogP contribution < -0.4 is 5.32 Å². The van der Waals surface area contributed by atoms with Crippen molar-refractivity contribution in [1.82, 2.24) is 5.32 Å². The summed E-state index contributed by atoms with van der Waals surface area (Å²) in [6.45, 7) is 4.02. The highest BCUT2D eigenvalue weighted by molar-refractivity contribution is 7.57. The summed E-state index contributed by atoms with van der Waals surface area (Å²) in [4.78, 5) is 21.6. The van der Waals surface area contributed by atoms with Gasteiger partial charge in [0.15, 0.2) is 0 Å². The molecule has 1 aromatic carbocycles. The summed E-state index contributed by atoms with van der Waals surface area (Å²) in [5, 5.41) is 2.53. The molecular formula is C14H22NO3P. The molecule has 0 saturated carbocycles. The van der Waals surface area contributed by atoms with Gasteiger partial charge in [-0.25, -0.2) is 0 Å². The molecule has 2 unspecified atom stereocenters. The molecule has 0 fully saturated rings. The molecule has 106 valence electrons. The van der Waals surface area contributed by atoms with Gasteiger partial charge in [-0.1, -0.05) is 44.9 Å². The molecule has 2 N–H and O–H groups in total. The van der Waals surface area contributed by atoms with Crippen LogP contribution in [0.5, 0.6) is 0 Å². The van der Waals surface area contributed by atoms with Gasteiger partial charge in [0.1, 0.15) is 0 Å². The van der Waals surface area contributed by atoms with E-state index in [-0.39, 0.29) is 24.3 Å². The van der Waals surface area contributed by atoms with Crippen LogP contribution in [0.15, 0.2) is 30.3 Å². The molecule has 4 nitrogen and oxygen atoms in total. The molecule has 0 bridgehead atoms. The summed E-state index contributed by atoms with van der Waals surface area (Å²) in [6.07, 6.45) is 2.03. The Labute approximate surface area is 114 Å². The number of hydrogen-bond acceptors (Lipinski definition) is 2. The number of nitrogens with one attached hydrogen (secondary N) is 1. The van der Waals surface area contributed by atoms with Gasteiger partial charge in [-0.2, -0.15) is 0 Å². The first kappa shape index (κ1) is 15.9. The smallest absolute Gasteiger partial charge is 0.251 e. The van der Waals surface area contributed by atoms with Crippen LogP contribution in [-0.4, -0.2) is 23.2 Å². The number of rotatable bonds is 7. The van der Waals surface area contributed by atoms with Gasteiger partial charge in [0.2, 0.25) is 7.37 Å². The van der Waals surface area contributed by atoms with Crippen molar-refractivity contribution < 1.29 is 14.3 Å². The van der Waals surface area contributed by atoms with Gasteiger partial charge < -0.3 is 10.2 Å². The standard InChI is InChI=1S/C14H22NO3P/c1-3-7-12(2)10-19(17,18)11-15-14(16)13-8-5-4-6-9-13/h4-6,8-9,12H,3,7,10-11H2,1-2H3,(H,15,16)(H,17,18). The van der Waals surface area contributed by atoms with Crippen LogP contribution in [0.25, 0.3) is 0 Å². The maximum absolute atomic E-state index is 12.0. The van der Waals surface area contributed by atoms with E-state index < -0.39 is 7.37 Å². The maximum atomic E-state index is 12.0. The first-order valence-corrected chi connectivity index (χ1v) is 8.61. The first-order valence-electron chi connectivity index (χ1n) is 6.58. The van der Waals surface area contributed by atoms with Crippen molar-refractivity contribution in [2.75, 3.05) is 12.4 Å². The topological polar surface area (TPSA) is 66.4 Å². The predicted octanol–water partition coefficient (Wildman–Crippen LogP) is 3.08. The summed E-state index contributed by atoms with van der Waals surface area (Å²) >= 11 is 0. The van der Waals surface area contributed by atoms with Crippen LogP contribution in [0.2, 0.25) is 0 Å². The van der Waals surface area contributed by atoms with Crippen LogP contribution in [0.3, 0.4) is 0 Å². The van der Waals surface area contributed by atoms with E-state index in [1.807, 2.05) is 13.0 Å². The minimum atomic E-state index is -3.28. The lowest BCUT2D eigenvalue weighted by molar-refractivity contribution is 0.0958. The van der Waals surface area contributed by atoms with E-state index in [0.29, 0.717) is 5.56 Å². The minimum Gasteiger partial charge on any atom is -0.343 e. The largest absolute Gasteiger partial charge is 0.343 e. The fourth-order valence-electron chi connectivity index (χ4n) is 2.02. The molecule has 0 spiro atoms. The third-order valence-electron chi connectivity index (χ3n) is 2.90. The van der Waals surface area contributed by atoms with E-state index in [2.05, 4.69) is 12.2 Å². The molecule has 1 aromatic rings. The highest BCUT2D eigenvalue weighted by atomic mass is 31.2. The molecule has 0 aromatic heterocycles. The van der Waals surface area contributed by atoms with Crippen LogP contribution >= 0.6 is 7.37 Å². The molecule has 1 rings (SSSR count). The van der Waals surface area contributed by atoms with Crippen molar-refractivity contribution in [2.24, 2.45) is 5.92 Å². The third kappa shape index (κ3) is 6.04. The van der Waals surface area contributed by atoms with Crippen molar-refractivity contribution in [3.05, 3.63) is 35.9 Å². The van der Waals surface area contributed by atoms with E-state index in [4.69, 9.17) is 0 Å². The van der Waals surface area contributed by atoms with Crippen LogP contribution in [0.4, 0.5) is 0 Å². The molecule has 0 heterocycles. The second kappa shape index (κ2) is 7.46. The van der Waals surface area contributed by atoms with Crippen molar-refractivity contribution in [3.8, 4) is 0 Å². The average molecular weight is 283 g/mol. The summed E-state index contributed by atoms with van der Waals surface area (Å²) in [5.74, 6) is -0.104. The van der Waals surface area contributed by atoms with Crippen LogP contribution in [-0.2, 0) is 4.57 Å². The second-order valence-corrected chi connectivity index (χ2v) is 7.33. The molecule has 0 aliphatic carbocycles. The summed E-state index contributed by atoms with van der Waals surface area (Å²) in [6, 6.07) is 8.70. The van der Waals surface area contributed by atoms with E-state index in [9.17, 15) is 14.3 Å². The zero-order valence-corrected chi connectivity index (χ0v) is 12.4. The lowest BCUT2D eigenvalue weighted by atomic mass is 10.1. The quantitative estimate of drug-likeness (QED) is 0.756. The summed E-state index contributed by atoms with van der Waals surface area (Å²) < 4.78 is 12.0. The molecule has 1 amide bonds. The molecule has 2 atom stereocenters. The normalized spacial score (nSPS) is 15.5. The molecule has 5 heteroatoms. The SMILES string of the molecule is CCCC(C)CP(=O)(O)CNC(=O)c1ccccc1. The Hall–Kier alpha value is -1.12. The van der Waals surface area contributed by atoms with E-state index in [0.717, 1.165) is 12.8 Å². The van der Waals surface area contributed by atoms with Gasteiger partial charge in [-0.05, 0) is 18.1 Å². The van der Waals surface area contributed by atoms with Crippen LogP contribution in [0, 0.1) is 5.92 Å². The van der Waals surface area contributed by atoms with Gasteiger partial charge in [0, 0.05) is 11.7 Å². The van der Waals surface area contributed by atoms with Crippen molar-refractivity contribution in [3.63, 3.8) is 0 Å². The average Bonchev–Trinajstić information content (AvgIpc) is 2.37. The summed E-state index contributed by atoms with van der Waals surface area (Å²) in [7, 11) is -3.28. The van der Waals surface area contributed by atoms with Gasteiger partial charge in [-0.3, -0.25) is 9.36 Å². The number of benzene rings is 1. The first-order chi connectivity index (χ1) is 8.94. The lowest BCUT2D eigenvalue weighted by Gasteiger charge is -2.16. The Balaban J connectivity index is 2.47. The zero-order valence-electron chi connectivity index (χ0n) is 11.5. The number of amides is 1. The summed E-state index contributed by atoms with van der Waals surface area (Å²) in [5.41, 5.74) is 0.504. The minimum absolute atomic E-state index is 0.158. The highest BCUT2D eigenvalue weighted by Crippen LogP contribution is 2.41. The fourth-order valence-corrected chi connectivity index (χ4v) is 3.70. The molecule has 0 radical (unpaired) electrons. The van der Waals surface area contributed by atoms with Crippen molar-refractivity contribution in [1.29, 1.82) is 0 Å². The molecular weight excluding hydrogens is 261 g/mol.